The lowest BCUT2D eigenvalue weighted by molar-refractivity contribution is 0.0472. The molecule has 0 atom stereocenters. The van der Waals surface area contributed by atoms with Gasteiger partial charge in [0.05, 0.1) is 16.1 Å². The molecule has 0 aromatic heterocycles. The second-order valence-corrected chi connectivity index (χ2v) is 8.87. The molecule has 0 bridgehead atoms. The van der Waals surface area contributed by atoms with Crippen molar-refractivity contribution >= 4 is 21.7 Å². The first-order valence-electron chi connectivity index (χ1n) is 9.16. The van der Waals surface area contributed by atoms with E-state index in [0.29, 0.717) is 5.69 Å². The van der Waals surface area contributed by atoms with Crippen LogP contribution in [0.1, 0.15) is 27.0 Å². The van der Waals surface area contributed by atoms with Gasteiger partial charge in [0.2, 0.25) is 0 Å². The minimum Gasteiger partial charge on any atom is -0.457 e. The average molecular weight is 410 g/mol. The zero-order valence-electron chi connectivity index (χ0n) is 16.6. The van der Waals surface area contributed by atoms with Crippen molar-refractivity contribution in [2.24, 2.45) is 0 Å². The van der Waals surface area contributed by atoms with Crippen LogP contribution in [0, 0.1) is 13.8 Å². The first-order valence-corrected chi connectivity index (χ1v) is 10.6. The molecule has 0 unspecified atom stereocenters. The van der Waals surface area contributed by atoms with Gasteiger partial charge in [-0.1, -0.05) is 53.6 Å². The highest BCUT2D eigenvalue weighted by Gasteiger charge is 2.22. The maximum Gasteiger partial charge on any atom is 0.338 e. The van der Waals surface area contributed by atoms with Gasteiger partial charge in [-0.25, -0.2) is 13.2 Å². The van der Waals surface area contributed by atoms with Crippen molar-refractivity contribution in [3.05, 3.63) is 95.1 Å². The lowest BCUT2D eigenvalue weighted by Gasteiger charge is -2.20. The molecule has 0 saturated heterocycles. The number of hydrogen-bond donors (Lipinski definition) is 0. The minimum atomic E-state index is -3.81. The topological polar surface area (TPSA) is 63.7 Å². The van der Waals surface area contributed by atoms with Crippen LogP contribution in [-0.2, 0) is 21.4 Å². The van der Waals surface area contributed by atoms with E-state index in [-0.39, 0.29) is 17.1 Å². The number of benzene rings is 3. The van der Waals surface area contributed by atoms with Crippen molar-refractivity contribution in [1.82, 2.24) is 0 Å². The third-order valence-corrected chi connectivity index (χ3v) is 6.36. The van der Waals surface area contributed by atoms with E-state index in [0.717, 1.165) is 16.7 Å². The Morgan fingerprint density at radius 2 is 1.59 bits per heavy atom. The molecule has 150 valence electrons. The predicted molar refractivity (Wildman–Crippen MR) is 114 cm³/mol. The molecule has 3 aromatic rings. The molecular weight excluding hydrogens is 386 g/mol. The van der Waals surface area contributed by atoms with Crippen LogP contribution in [0.15, 0.2) is 77.7 Å². The predicted octanol–water partition coefficient (Wildman–Crippen LogP) is 4.49. The summed E-state index contributed by atoms with van der Waals surface area (Å²) >= 11 is 0. The second-order valence-electron chi connectivity index (χ2n) is 6.90. The van der Waals surface area contributed by atoms with Crippen molar-refractivity contribution in [2.75, 3.05) is 11.4 Å². The van der Waals surface area contributed by atoms with Crippen molar-refractivity contribution < 1.29 is 17.9 Å². The Labute approximate surface area is 171 Å². The van der Waals surface area contributed by atoms with Crippen LogP contribution in [0.3, 0.4) is 0 Å². The fraction of sp³-hybridized carbons (Fsp3) is 0.174. The summed E-state index contributed by atoms with van der Waals surface area (Å²) in [5.74, 6) is -0.568. The van der Waals surface area contributed by atoms with E-state index >= 15 is 0 Å². The number of nitrogens with zero attached hydrogens (tertiary/aromatic N) is 1. The number of carbonyl (C=O) groups excluding carboxylic acids is 1. The maximum absolute atomic E-state index is 13.0. The summed E-state index contributed by atoms with van der Waals surface area (Å²) in [5, 5.41) is 0. The average Bonchev–Trinajstić information content (AvgIpc) is 2.72. The van der Waals surface area contributed by atoms with Gasteiger partial charge in [0.25, 0.3) is 10.0 Å². The highest BCUT2D eigenvalue weighted by Crippen LogP contribution is 2.23. The monoisotopic (exact) mass is 409 g/mol. The Morgan fingerprint density at radius 1 is 0.897 bits per heavy atom. The molecule has 6 heteroatoms. The zero-order chi connectivity index (χ0) is 21.0. The van der Waals surface area contributed by atoms with Gasteiger partial charge in [0.1, 0.15) is 6.61 Å². The minimum absolute atomic E-state index is 0.0329. The molecule has 3 aromatic carbocycles. The molecular formula is C23H23NO4S. The number of esters is 1. The van der Waals surface area contributed by atoms with Crippen LogP contribution in [0.25, 0.3) is 0 Å². The fourth-order valence-corrected chi connectivity index (χ4v) is 4.11. The normalized spacial score (nSPS) is 11.1. The van der Waals surface area contributed by atoms with E-state index in [9.17, 15) is 13.2 Å². The standard InChI is InChI=1S/C23H23NO4S/c1-17-10-12-21(13-11-17)24(3)29(26,27)22-9-5-8-20(15-22)23(25)28-16-19-7-4-6-18(2)14-19/h4-15H,16H2,1-3H3. The van der Waals surface area contributed by atoms with Crippen LogP contribution >= 0.6 is 0 Å². The van der Waals surface area contributed by atoms with Gasteiger partial charge >= 0.3 is 5.97 Å². The van der Waals surface area contributed by atoms with E-state index in [1.807, 2.05) is 50.2 Å². The van der Waals surface area contributed by atoms with Crippen LogP contribution in [0.5, 0.6) is 0 Å². The molecule has 0 fully saturated rings. The molecule has 3 rings (SSSR count). The Morgan fingerprint density at radius 3 is 2.28 bits per heavy atom. The zero-order valence-corrected chi connectivity index (χ0v) is 17.4. The molecule has 0 heterocycles. The van der Waals surface area contributed by atoms with Gasteiger partial charge in [-0.2, -0.15) is 0 Å². The van der Waals surface area contributed by atoms with Gasteiger partial charge in [0.15, 0.2) is 0 Å². The Balaban J connectivity index is 1.78. The van der Waals surface area contributed by atoms with Crippen molar-refractivity contribution in [3.8, 4) is 0 Å². The smallest absolute Gasteiger partial charge is 0.338 e. The van der Waals surface area contributed by atoms with Gasteiger partial charge < -0.3 is 4.74 Å². The van der Waals surface area contributed by atoms with Gasteiger partial charge in [-0.3, -0.25) is 4.31 Å². The molecule has 0 N–H and O–H groups in total. The summed E-state index contributed by atoms with van der Waals surface area (Å²) in [5.41, 5.74) is 3.73. The first kappa shape index (κ1) is 20.6. The molecule has 29 heavy (non-hydrogen) atoms. The van der Waals surface area contributed by atoms with Gasteiger partial charge in [-0.05, 0) is 49.7 Å². The quantitative estimate of drug-likeness (QED) is 0.563. The Bertz CT molecular complexity index is 1120. The highest BCUT2D eigenvalue weighted by atomic mass is 32.2. The van der Waals surface area contributed by atoms with E-state index < -0.39 is 16.0 Å². The van der Waals surface area contributed by atoms with Gasteiger partial charge in [-0.15, -0.1) is 0 Å². The second kappa shape index (κ2) is 8.49. The van der Waals surface area contributed by atoms with Crippen molar-refractivity contribution in [2.45, 2.75) is 25.3 Å². The van der Waals surface area contributed by atoms with Gasteiger partial charge in [0, 0.05) is 7.05 Å². The number of rotatable bonds is 6. The molecule has 0 spiro atoms. The van der Waals surface area contributed by atoms with Crippen molar-refractivity contribution in [1.29, 1.82) is 0 Å². The molecule has 0 aliphatic carbocycles. The summed E-state index contributed by atoms with van der Waals surface area (Å²) in [6.45, 7) is 4.02. The lowest BCUT2D eigenvalue weighted by atomic mass is 10.1. The van der Waals surface area contributed by atoms with Crippen molar-refractivity contribution in [3.63, 3.8) is 0 Å². The van der Waals surface area contributed by atoms with E-state index in [1.165, 1.54) is 23.5 Å². The Hall–Kier alpha value is -3.12. The lowest BCUT2D eigenvalue weighted by Crippen LogP contribution is -2.26. The molecule has 0 aliphatic heterocycles. The largest absolute Gasteiger partial charge is 0.457 e. The number of ether oxygens (including phenoxy) is 1. The fourth-order valence-electron chi connectivity index (χ4n) is 2.87. The SMILES string of the molecule is Cc1ccc(N(C)S(=O)(=O)c2cccc(C(=O)OCc3cccc(C)c3)c2)cc1. The van der Waals surface area contributed by atoms with E-state index in [1.54, 1.807) is 24.3 Å². The number of carbonyl (C=O) groups is 1. The summed E-state index contributed by atoms with van der Waals surface area (Å²) in [7, 11) is -2.32. The summed E-state index contributed by atoms with van der Waals surface area (Å²) < 4.78 is 32.5. The number of sulfonamides is 1. The maximum atomic E-state index is 13.0. The number of hydrogen-bond acceptors (Lipinski definition) is 4. The van der Waals surface area contributed by atoms with Crippen LogP contribution in [-0.4, -0.2) is 21.4 Å². The Kier molecular flexibility index (Phi) is 6.03. The molecule has 5 nitrogen and oxygen atoms in total. The van der Waals surface area contributed by atoms with Crippen LogP contribution < -0.4 is 4.31 Å². The number of anilines is 1. The third-order valence-electron chi connectivity index (χ3n) is 4.58. The number of aryl methyl sites for hydroxylation is 2. The van der Waals surface area contributed by atoms with Crippen LogP contribution in [0.2, 0.25) is 0 Å². The highest BCUT2D eigenvalue weighted by molar-refractivity contribution is 7.92. The van der Waals surface area contributed by atoms with E-state index in [2.05, 4.69) is 0 Å². The molecule has 0 aliphatic rings. The first-order chi connectivity index (χ1) is 13.8. The summed E-state index contributed by atoms with van der Waals surface area (Å²) in [6, 6.07) is 20.7. The molecule has 0 amide bonds. The summed E-state index contributed by atoms with van der Waals surface area (Å²) in [6.07, 6.45) is 0. The third kappa shape index (κ3) is 4.84. The molecule has 0 saturated carbocycles. The molecule has 0 radical (unpaired) electrons. The summed E-state index contributed by atoms with van der Waals surface area (Å²) in [4.78, 5) is 12.5. The van der Waals surface area contributed by atoms with E-state index in [4.69, 9.17) is 4.74 Å². The van der Waals surface area contributed by atoms with Crippen LogP contribution in [0.4, 0.5) is 5.69 Å².